The summed E-state index contributed by atoms with van der Waals surface area (Å²) in [6.45, 7) is 1.45. The molecular weight excluding hydrogens is 442 g/mol. The molecule has 0 aliphatic carbocycles. The van der Waals surface area contributed by atoms with Crippen molar-refractivity contribution in [1.82, 2.24) is 15.3 Å². The maximum atomic E-state index is 9.00. The fraction of sp³-hybridized carbons (Fsp3) is 0.200. The molecule has 1 aromatic carbocycles. The number of anilines is 1. The van der Waals surface area contributed by atoms with Crippen LogP contribution in [0.5, 0.6) is 11.5 Å². The molecule has 0 bridgehead atoms. The molecule has 0 saturated carbocycles. The largest absolute Gasteiger partial charge is 0.496 e. The van der Waals surface area contributed by atoms with Gasteiger partial charge < -0.3 is 25.2 Å². The van der Waals surface area contributed by atoms with Crippen LogP contribution in [0.25, 0.3) is 11.4 Å². The van der Waals surface area contributed by atoms with Crippen LogP contribution in [-0.4, -0.2) is 41.2 Å². The van der Waals surface area contributed by atoms with Gasteiger partial charge in [-0.15, -0.1) is 11.3 Å². The predicted octanol–water partition coefficient (Wildman–Crippen LogP) is 4.10. The smallest absolute Gasteiger partial charge is 0.300 e. The number of nitrogens with one attached hydrogen (secondary N) is 3. The number of hydrogen-bond donors (Lipinski definition) is 4. The lowest BCUT2D eigenvalue weighted by molar-refractivity contribution is -0.134. The van der Waals surface area contributed by atoms with E-state index in [1.807, 2.05) is 23.6 Å². The SMILES string of the molecule is CC(=O)O.COc1cccc(OC)c1CNC(=N)Nc1nc(-c2ccc(Cl)cn2)cs1. The summed E-state index contributed by atoms with van der Waals surface area (Å²) >= 11 is 7.24. The lowest BCUT2D eigenvalue weighted by Gasteiger charge is -2.14. The van der Waals surface area contributed by atoms with E-state index >= 15 is 0 Å². The van der Waals surface area contributed by atoms with Gasteiger partial charge >= 0.3 is 0 Å². The number of methoxy groups -OCH3 is 2. The molecule has 9 nitrogen and oxygen atoms in total. The van der Waals surface area contributed by atoms with Gasteiger partial charge in [-0.3, -0.25) is 15.2 Å². The average Bonchev–Trinajstić information content (AvgIpc) is 3.20. The van der Waals surface area contributed by atoms with Crippen molar-refractivity contribution < 1.29 is 19.4 Å². The standard InChI is InChI=1S/C18H18ClN5O2S.C2H4O2/c1-25-15-4-3-5-16(26-2)12(15)9-22-17(20)24-18-23-14(10-27-18)13-7-6-11(19)8-21-13;1-2(3)4/h3-8,10H,9H2,1-2H3,(H3,20,22,23,24);1H3,(H,3,4). The number of carboxylic acid groups (broad SMARTS) is 1. The molecule has 3 aromatic rings. The van der Waals surface area contributed by atoms with Gasteiger partial charge in [0.05, 0.1) is 37.0 Å². The highest BCUT2D eigenvalue weighted by Crippen LogP contribution is 2.28. The first kappa shape index (κ1) is 23.9. The minimum absolute atomic E-state index is 0.118. The number of hydrogen-bond acceptors (Lipinski definition) is 7. The van der Waals surface area contributed by atoms with Crippen LogP contribution in [0.3, 0.4) is 0 Å². The normalized spacial score (nSPS) is 9.81. The van der Waals surface area contributed by atoms with Crippen molar-refractivity contribution >= 4 is 40.0 Å². The van der Waals surface area contributed by atoms with Gasteiger partial charge in [-0.05, 0) is 24.3 Å². The molecule has 0 saturated heterocycles. The molecule has 2 aromatic heterocycles. The van der Waals surface area contributed by atoms with Gasteiger partial charge in [-0.1, -0.05) is 17.7 Å². The van der Waals surface area contributed by atoms with Gasteiger partial charge in [0.1, 0.15) is 17.2 Å². The van der Waals surface area contributed by atoms with Crippen molar-refractivity contribution in [2.75, 3.05) is 19.5 Å². The first-order chi connectivity index (χ1) is 14.8. The monoisotopic (exact) mass is 463 g/mol. The van der Waals surface area contributed by atoms with Gasteiger partial charge in [-0.2, -0.15) is 0 Å². The maximum absolute atomic E-state index is 9.00. The summed E-state index contributed by atoms with van der Waals surface area (Å²) in [4.78, 5) is 17.7. The molecule has 11 heteroatoms. The second kappa shape index (κ2) is 11.7. The third-order valence-corrected chi connectivity index (χ3v) is 4.68. The number of guanidine groups is 1. The second-order valence-electron chi connectivity index (χ2n) is 5.91. The fourth-order valence-corrected chi connectivity index (χ4v) is 3.23. The van der Waals surface area contributed by atoms with E-state index in [4.69, 9.17) is 36.4 Å². The number of aliphatic carboxylic acids is 1. The van der Waals surface area contributed by atoms with Crippen LogP contribution in [0.1, 0.15) is 12.5 Å². The molecule has 31 heavy (non-hydrogen) atoms. The molecule has 0 fully saturated rings. The van der Waals surface area contributed by atoms with Crippen LogP contribution in [0.4, 0.5) is 5.13 Å². The molecular formula is C20H22ClN5O4S. The zero-order chi connectivity index (χ0) is 22.8. The van der Waals surface area contributed by atoms with Crippen LogP contribution in [0, 0.1) is 5.41 Å². The number of benzene rings is 1. The van der Waals surface area contributed by atoms with Crippen molar-refractivity contribution in [2.45, 2.75) is 13.5 Å². The number of thiazole rings is 1. The van der Waals surface area contributed by atoms with Gasteiger partial charge in [0, 0.05) is 18.5 Å². The number of aromatic nitrogens is 2. The van der Waals surface area contributed by atoms with E-state index in [-0.39, 0.29) is 5.96 Å². The van der Waals surface area contributed by atoms with Gasteiger partial charge in [0.2, 0.25) is 0 Å². The van der Waals surface area contributed by atoms with Crippen molar-refractivity contribution in [3.05, 3.63) is 52.5 Å². The van der Waals surface area contributed by atoms with E-state index in [1.165, 1.54) is 11.3 Å². The van der Waals surface area contributed by atoms with Crippen molar-refractivity contribution in [3.8, 4) is 22.9 Å². The van der Waals surface area contributed by atoms with Crippen LogP contribution < -0.4 is 20.1 Å². The highest BCUT2D eigenvalue weighted by Gasteiger charge is 2.11. The first-order valence-corrected chi connectivity index (χ1v) is 10.2. The predicted molar refractivity (Wildman–Crippen MR) is 121 cm³/mol. The summed E-state index contributed by atoms with van der Waals surface area (Å²) in [5.41, 5.74) is 2.28. The van der Waals surface area contributed by atoms with Crippen LogP contribution in [0.2, 0.25) is 5.02 Å². The highest BCUT2D eigenvalue weighted by molar-refractivity contribution is 7.14. The number of pyridine rings is 1. The summed E-state index contributed by atoms with van der Waals surface area (Å²) < 4.78 is 10.7. The zero-order valence-electron chi connectivity index (χ0n) is 17.1. The van der Waals surface area contributed by atoms with E-state index in [2.05, 4.69) is 20.6 Å². The molecule has 0 aliphatic rings. The van der Waals surface area contributed by atoms with E-state index < -0.39 is 5.97 Å². The van der Waals surface area contributed by atoms with Crippen molar-refractivity contribution in [2.24, 2.45) is 0 Å². The second-order valence-corrected chi connectivity index (χ2v) is 7.21. The number of carboxylic acids is 1. The zero-order valence-corrected chi connectivity index (χ0v) is 18.7. The topological polar surface area (TPSA) is 129 Å². The molecule has 0 spiro atoms. The first-order valence-electron chi connectivity index (χ1n) is 8.90. The number of carbonyl (C=O) groups is 1. The Labute approximate surface area is 188 Å². The van der Waals surface area contributed by atoms with E-state index in [0.717, 1.165) is 23.9 Å². The number of rotatable bonds is 6. The van der Waals surface area contributed by atoms with Crippen molar-refractivity contribution in [1.29, 1.82) is 5.41 Å². The Balaban J connectivity index is 0.000000785. The lowest BCUT2D eigenvalue weighted by atomic mass is 10.1. The fourth-order valence-electron chi connectivity index (χ4n) is 2.41. The van der Waals surface area contributed by atoms with Crippen molar-refractivity contribution in [3.63, 3.8) is 0 Å². The summed E-state index contributed by atoms with van der Waals surface area (Å²) in [6, 6.07) is 9.12. The van der Waals surface area contributed by atoms with Gasteiger partial charge in [0.25, 0.3) is 5.97 Å². The minimum Gasteiger partial charge on any atom is -0.496 e. The van der Waals surface area contributed by atoms with Crippen LogP contribution in [-0.2, 0) is 11.3 Å². The Morgan fingerprint density at radius 3 is 2.39 bits per heavy atom. The molecule has 2 heterocycles. The Bertz CT molecular complexity index is 1000. The Hall–Kier alpha value is -3.37. The summed E-state index contributed by atoms with van der Waals surface area (Å²) in [7, 11) is 3.20. The maximum Gasteiger partial charge on any atom is 0.300 e. The number of ether oxygens (including phenoxy) is 2. The summed E-state index contributed by atoms with van der Waals surface area (Å²) in [6.07, 6.45) is 1.58. The summed E-state index contributed by atoms with van der Waals surface area (Å²) in [5.74, 6) is 0.674. The van der Waals surface area contributed by atoms with E-state index in [0.29, 0.717) is 28.2 Å². The molecule has 164 valence electrons. The molecule has 0 radical (unpaired) electrons. The van der Waals surface area contributed by atoms with Crippen LogP contribution >= 0.6 is 22.9 Å². The van der Waals surface area contributed by atoms with Gasteiger partial charge in [0.15, 0.2) is 11.1 Å². The Morgan fingerprint density at radius 1 is 1.19 bits per heavy atom. The molecule has 0 amide bonds. The molecule has 4 N–H and O–H groups in total. The molecule has 0 atom stereocenters. The third kappa shape index (κ3) is 7.43. The highest BCUT2D eigenvalue weighted by atomic mass is 35.5. The third-order valence-electron chi connectivity index (χ3n) is 3.70. The molecule has 0 unspecified atom stereocenters. The Morgan fingerprint density at radius 2 is 1.84 bits per heavy atom. The molecule has 3 rings (SSSR count). The number of halogens is 1. The van der Waals surface area contributed by atoms with E-state index in [1.54, 1.807) is 32.5 Å². The van der Waals surface area contributed by atoms with Gasteiger partial charge in [-0.25, -0.2) is 4.98 Å². The molecule has 0 aliphatic heterocycles. The average molecular weight is 464 g/mol. The van der Waals surface area contributed by atoms with E-state index in [9.17, 15) is 0 Å². The lowest BCUT2D eigenvalue weighted by Crippen LogP contribution is -2.29. The minimum atomic E-state index is -0.833. The summed E-state index contributed by atoms with van der Waals surface area (Å²) in [5, 5.41) is 24.5. The number of nitrogens with zero attached hydrogens (tertiary/aromatic N) is 2. The Kier molecular flexibility index (Phi) is 9.04. The quantitative estimate of drug-likeness (QED) is 0.317. The van der Waals surface area contributed by atoms with Crippen LogP contribution in [0.15, 0.2) is 41.9 Å².